The number of carbonyl (C=O) groups is 4. The Labute approximate surface area is 172 Å². The van der Waals surface area contributed by atoms with E-state index in [0.29, 0.717) is 0 Å². The minimum absolute atomic E-state index is 0.223. The summed E-state index contributed by atoms with van der Waals surface area (Å²) in [5, 5.41) is 1.87. The number of fused-ring (bicyclic) bond motifs is 3. The highest BCUT2D eigenvalue weighted by atomic mass is 32.1. The minimum Gasteiger partial charge on any atom is -0.274 e. The van der Waals surface area contributed by atoms with Crippen molar-refractivity contribution in [3.05, 3.63) is 35.4 Å². The molecule has 0 aliphatic heterocycles. The molecular weight excluding hydrogens is 388 g/mol. The molecule has 3 aromatic rings. The zero-order valence-corrected chi connectivity index (χ0v) is 18.1. The van der Waals surface area contributed by atoms with Crippen LogP contribution in [0.15, 0.2) is 24.3 Å². The van der Waals surface area contributed by atoms with Gasteiger partial charge in [-0.15, -0.1) is 11.3 Å². The molecule has 0 N–H and O–H groups in total. The first-order chi connectivity index (χ1) is 13.5. The van der Waals surface area contributed by atoms with Gasteiger partial charge in [-0.3, -0.25) is 19.2 Å². The van der Waals surface area contributed by atoms with Crippen molar-refractivity contribution in [1.29, 1.82) is 0 Å². The lowest BCUT2D eigenvalue weighted by Crippen LogP contribution is -2.38. The van der Waals surface area contributed by atoms with E-state index in [0.717, 1.165) is 41.1 Å². The summed E-state index contributed by atoms with van der Waals surface area (Å²) >= 11 is 1.54. The van der Waals surface area contributed by atoms with Crippen LogP contribution in [0.1, 0.15) is 38.8 Å². The monoisotopic (exact) mass is 410 g/mol. The van der Waals surface area contributed by atoms with Gasteiger partial charge in [-0.05, 0) is 49.2 Å². The van der Waals surface area contributed by atoms with Crippen LogP contribution < -0.4 is 9.80 Å². The van der Waals surface area contributed by atoms with Crippen molar-refractivity contribution in [3.8, 4) is 0 Å². The van der Waals surface area contributed by atoms with E-state index < -0.39 is 23.6 Å². The van der Waals surface area contributed by atoms with Gasteiger partial charge in [0.05, 0.1) is 11.4 Å². The number of aryl methyl sites for hydroxylation is 2. The summed E-state index contributed by atoms with van der Waals surface area (Å²) in [6.07, 6.45) is 0. The standard InChI is InChI=1S/C22H22N2O4S/c1-11-7-17-18-9-19(23(13(3)25)14(4)26)20(24(15(5)27)16(6)28)10-22(18)29-21(17)8-12(11)2/h7-10H,1-6H3. The number of hydrogen-bond donors (Lipinski definition) is 0. The van der Waals surface area contributed by atoms with Crippen molar-refractivity contribution in [3.63, 3.8) is 0 Å². The zero-order chi connectivity index (χ0) is 21.6. The maximum atomic E-state index is 12.3. The first-order valence-electron chi connectivity index (χ1n) is 9.13. The molecule has 6 nitrogen and oxygen atoms in total. The van der Waals surface area contributed by atoms with E-state index in [2.05, 4.69) is 12.1 Å². The smallest absolute Gasteiger partial charge is 0.230 e. The van der Waals surface area contributed by atoms with E-state index in [9.17, 15) is 19.2 Å². The molecule has 1 aromatic heterocycles. The molecule has 0 unspecified atom stereocenters. The molecular formula is C22H22N2O4S. The highest BCUT2D eigenvalue weighted by Gasteiger charge is 2.27. The van der Waals surface area contributed by atoms with Crippen molar-refractivity contribution in [2.24, 2.45) is 0 Å². The number of thiophene rings is 1. The molecule has 0 saturated heterocycles. The Morgan fingerprint density at radius 1 is 0.621 bits per heavy atom. The predicted molar refractivity (Wildman–Crippen MR) is 116 cm³/mol. The fourth-order valence-corrected chi connectivity index (χ4v) is 4.74. The Hall–Kier alpha value is -3.06. The van der Waals surface area contributed by atoms with E-state index in [4.69, 9.17) is 0 Å². The van der Waals surface area contributed by atoms with Gasteiger partial charge in [0.2, 0.25) is 23.6 Å². The summed E-state index contributed by atoms with van der Waals surface area (Å²) in [7, 11) is 0. The number of amides is 4. The highest BCUT2D eigenvalue weighted by molar-refractivity contribution is 7.25. The number of hydrogen-bond acceptors (Lipinski definition) is 5. The van der Waals surface area contributed by atoms with E-state index in [1.165, 1.54) is 39.0 Å². The quantitative estimate of drug-likeness (QED) is 0.625. The van der Waals surface area contributed by atoms with Crippen LogP contribution >= 0.6 is 11.3 Å². The first-order valence-corrected chi connectivity index (χ1v) is 9.94. The van der Waals surface area contributed by atoms with Crippen molar-refractivity contribution in [2.45, 2.75) is 41.5 Å². The number of nitrogens with zero attached hydrogens (tertiary/aromatic N) is 2. The fourth-order valence-electron chi connectivity index (χ4n) is 3.54. The Bertz CT molecular complexity index is 1180. The van der Waals surface area contributed by atoms with Crippen LogP contribution in [0, 0.1) is 13.8 Å². The van der Waals surface area contributed by atoms with Gasteiger partial charge in [0.15, 0.2) is 0 Å². The maximum absolute atomic E-state index is 12.3. The summed E-state index contributed by atoms with van der Waals surface area (Å²) in [6.45, 7) is 9.17. The third kappa shape index (κ3) is 3.53. The molecule has 0 spiro atoms. The average molecular weight is 410 g/mol. The van der Waals surface area contributed by atoms with Gasteiger partial charge >= 0.3 is 0 Å². The third-order valence-corrected chi connectivity index (χ3v) is 6.04. The Morgan fingerprint density at radius 2 is 1.00 bits per heavy atom. The van der Waals surface area contributed by atoms with Crippen LogP contribution in [-0.2, 0) is 19.2 Å². The molecule has 0 bridgehead atoms. The summed E-state index contributed by atoms with van der Waals surface area (Å²) < 4.78 is 1.92. The predicted octanol–water partition coefficient (Wildman–Crippen LogP) is 4.47. The average Bonchev–Trinajstić information content (AvgIpc) is 2.90. The minimum atomic E-state index is -0.489. The van der Waals surface area contributed by atoms with E-state index in [-0.39, 0.29) is 11.4 Å². The highest BCUT2D eigenvalue weighted by Crippen LogP contribution is 2.42. The number of anilines is 2. The van der Waals surface area contributed by atoms with Crippen LogP contribution in [0.3, 0.4) is 0 Å². The normalized spacial score (nSPS) is 11.0. The van der Waals surface area contributed by atoms with E-state index in [1.54, 1.807) is 12.1 Å². The molecule has 3 rings (SSSR count). The van der Waals surface area contributed by atoms with Gasteiger partial charge in [-0.25, -0.2) is 9.80 Å². The number of carbonyl (C=O) groups excluding carboxylic acids is 4. The topological polar surface area (TPSA) is 74.8 Å². The molecule has 7 heteroatoms. The summed E-state index contributed by atoms with van der Waals surface area (Å²) in [5.74, 6) is -1.95. The van der Waals surface area contributed by atoms with Crippen LogP contribution in [0.2, 0.25) is 0 Å². The third-order valence-electron chi connectivity index (χ3n) is 4.92. The molecule has 29 heavy (non-hydrogen) atoms. The molecule has 0 atom stereocenters. The molecule has 0 aliphatic rings. The van der Waals surface area contributed by atoms with Crippen LogP contribution in [-0.4, -0.2) is 23.6 Å². The molecule has 2 aromatic carbocycles. The van der Waals surface area contributed by atoms with Gasteiger partial charge in [-0.1, -0.05) is 0 Å². The molecule has 0 fully saturated rings. The largest absolute Gasteiger partial charge is 0.274 e. The van der Waals surface area contributed by atoms with Crippen molar-refractivity contribution < 1.29 is 19.2 Å². The number of rotatable bonds is 2. The van der Waals surface area contributed by atoms with Gasteiger partial charge < -0.3 is 0 Å². The lowest BCUT2D eigenvalue weighted by atomic mass is 10.0. The second-order valence-electron chi connectivity index (χ2n) is 7.12. The Kier molecular flexibility index (Phi) is 5.28. The van der Waals surface area contributed by atoms with Crippen molar-refractivity contribution in [2.75, 3.05) is 9.80 Å². The zero-order valence-electron chi connectivity index (χ0n) is 17.2. The van der Waals surface area contributed by atoms with Gasteiger partial charge in [-0.2, -0.15) is 0 Å². The van der Waals surface area contributed by atoms with Crippen LogP contribution in [0.25, 0.3) is 20.2 Å². The summed E-state index contributed by atoms with van der Waals surface area (Å²) in [4.78, 5) is 50.9. The lowest BCUT2D eigenvalue weighted by molar-refractivity contribution is -0.126. The number of imide groups is 2. The molecule has 150 valence electrons. The molecule has 0 radical (unpaired) electrons. The van der Waals surface area contributed by atoms with Crippen LogP contribution in [0.5, 0.6) is 0 Å². The van der Waals surface area contributed by atoms with Crippen LogP contribution in [0.4, 0.5) is 11.4 Å². The van der Waals surface area contributed by atoms with Gasteiger partial charge in [0.25, 0.3) is 0 Å². The molecule has 4 amide bonds. The van der Waals surface area contributed by atoms with E-state index in [1.807, 2.05) is 13.8 Å². The van der Waals surface area contributed by atoms with Gasteiger partial charge in [0, 0.05) is 47.9 Å². The lowest BCUT2D eigenvalue weighted by Gasteiger charge is -2.26. The fraction of sp³-hybridized carbons (Fsp3) is 0.273. The summed E-state index contributed by atoms with van der Waals surface area (Å²) in [6, 6.07) is 7.60. The van der Waals surface area contributed by atoms with E-state index >= 15 is 0 Å². The molecule has 0 saturated carbocycles. The second kappa shape index (κ2) is 7.40. The summed E-state index contributed by atoms with van der Waals surface area (Å²) in [5.41, 5.74) is 2.74. The van der Waals surface area contributed by atoms with Crippen molar-refractivity contribution >= 4 is 66.5 Å². The second-order valence-corrected chi connectivity index (χ2v) is 8.20. The van der Waals surface area contributed by atoms with Crippen molar-refractivity contribution in [1.82, 2.24) is 0 Å². The Morgan fingerprint density at radius 3 is 1.48 bits per heavy atom. The SMILES string of the molecule is CC(=O)N(C(C)=O)c1cc2sc3cc(C)c(C)cc3c2cc1N(C(C)=O)C(C)=O. The first kappa shape index (κ1) is 20.7. The number of benzene rings is 2. The maximum Gasteiger partial charge on any atom is 0.230 e. The molecule has 0 aliphatic carbocycles. The Balaban J connectivity index is 2.46. The molecule has 1 heterocycles. The van der Waals surface area contributed by atoms with Gasteiger partial charge in [0.1, 0.15) is 0 Å².